The van der Waals surface area contributed by atoms with Crippen molar-refractivity contribution in [2.24, 2.45) is 0 Å². The van der Waals surface area contributed by atoms with E-state index in [0.29, 0.717) is 12.6 Å². The van der Waals surface area contributed by atoms with Crippen LogP contribution in [0.1, 0.15) is 34.1 Å². The highest BCUT2D eigenvalue weighted by atomic mass is 16.7. The molecule has 3 rings (SSSR count). The van der Waals surface area contributed by atoms with E-state index in [2.05, 4.69) is 20.2 Å². The highest BCUT2D eigenvalue weighted by molar-refractivity contribution is 6.61. The van der Waals surface area contributed by atoms with Gasteiger partial charge in [0.2, 0.25) is 5.95 Å². The topological polar surface area (TPSA) is 79.7 Å². The van der Waals surface area contributed by atoms with Crippen LogP contribution in [0.5, 0.6) is 0 Å². The minimum absolute atomic E-state index is 0.162. The van der Waals surface area contributed by atoms with E-state index in [1.165, 1.54) is 0 Å². The van der Waals surface area contributed by atoms with E-state index in [-0.39, 0.29) is 17.8 Å². The molecule has 132 valence electrons. The fraction of sp³-hybridized carbons (Fsp3) is 0.750. The summed E-state index contributed by atoms with van der Waals surface area (Å²) in [5, 5.41) is 12.2. The molecule has 0 saturated carbocycles. The van der Waals surface area contributed by atoms with Gasteiger partial charge >= 0.3 is 7.12 Å². The summed E-state index contributed by atoms with van der Waals surface area (Å²) in [4.78, 5) is 11.1. The zero-order valence-corrected chi connectivity index (χ0v) is 15.0. The summed E-state index contributed by atoms with van der Waals surface area (Å²) in [6.45, 7) is 10.7. The number of aliphatic hydroxyl groups is 1. The molecule has 0 amide bonds. The van der Waals surface area contributed by atoms with Crippen molar-refractivity contribution in [2.75, 3.05) is 31.1 Å². The smallest absolute Gasteiger partial charge is 0.399 e. The van der Waals surface area contributed by atoms with E-state index in [1.54, 1.807) is 12.4 Å². The highest BCUT2D eigenvalue weighted by Crippen LogP contribution is 2.36. The molecule has 7 nitrogen and oxygen atoms in total. The predicted molar refractivity (Wildman–Crippen MR) is 93.5 cm³/mol. The monoisotopic (exact) mass is 334 g/mol. The molecule has 0 radical (unpaired) electrons. The van der Waals surface area contributed by atoms with Gasteiger partial charge in [0.1, 0.15) is 0 Å². The van der Waals surface area contributed by atoms with Crippen LogP contribution >= 0.6 is 0 Å². The van der Waals surface area contributed by atoms with E-state index < -0.39 is 7.12 Å². The van der Waals surface area contributed by atoms with Crippen molar-refractivity contribution in [3.8, 4) is 0 Å². The number of rotatable bonds is 5. The van der Waals surface area contributed by atoms with E-state index in [1.807, 2.05) is 27.7 Å². The molecular weight excluding hydrogens is 307 g/mol. The fourth-order valence-electron chi connectivity index (χ4n) is 2.97. The lowest BCUT2D eigenvalue weighted by atomic mass is 9.81. The molecule has 1 aromatic rings. The minimum atomic E-state index is -0.429. The van der Waals surface area contributed by atoms with E-state index in [9.17, 15) is 0 Å². The summed E-state index contributed by atoms with van der Waals surface area (Å²) in [7, 11) is -0.429. The van der Waals surface area contributed by atoms with Crippen LogP contribution in [0.2, 0.25) is 0 Å². The first-order valence-corrected chi connectivity index (χ1v) is 8.59. The number of anilines is 1. The van der Waals surface area contributed by atoms with Gasteiger partial charge in [0.25, 0.3) is 0 Å². The molecule has 24 heavy (non-hydrogen) atoms. The van der Waals surface area contributed by atoms with E-state index in [0.717, 1.165) is 30.9 Å². The molecule has 2 fully saturated rings. The molecule has 2 aliphatic rings. The Kier molecular flexibility index (Phi) is 4.83. The number of nitrogens with one attached hydrogen (secondary N) is 1. The number of aliphatic hydroxyl groups excluding tert-OH is 1. The van der Waals surface area contributed by atoms with Gasteiger partial charge in [0.05, 0.1) is 17.8 Å². The zero-order chi connectivity index (χ0) is 17.4. The molecule has 8 heteroatoms. The molecule has 2 aliphatic heterocycles. The van der Waals surface area contributed by atoms with Crippen LogP contribution in [0.25, 0.3) is 0 Å². The molecule has 2 N–H and O–H groups in total. The number of nitrogens with zero attached hydrogens (tertiary/aromatic N) is 3. The SMILES string of the molecule is CC1(C)OB(c2cnc(N3CC[C@@H](NCCO)C3)nc2)OC1(C)C. The van der Waals surface area contributed by atoms with Gasteiger partial charge in [-0.1, -0.05) is 0 Å². The van der Waals surface area contributed by atoms with Gasteiger partial charge in [-0.05, 0) is 34.1 Å². The lowest BCUT2D eigenvalue weighted by Crippen LogP contribution is -2.41. The maximum absolute atomic E-state index is 8.89. The normalized spacial score (nSPS) is 25.5. The molecular formula is C16H27BN4O3. The zero-order valence-electron chi connectivity index (χ0n) is 15.0. The van der Waals surface area contributed by atoms with Gasteiger partial charge in [0.15, 0.2) is 0 Å². The number of hydrogen-bond donors (Lipinski definition) is 2. The third-order valence-corrected chi connectivity index (χ3v) is 5.20. The van der Waals surface area contributed by atoms with Crippen LogP contribution in [0, 0.1) is 0 Å². The molecule has 0 unspecified atom stereocenters. The summed E-state index contributed by atoms with van der Waals surface area (Å²) in [6, 6.07) is 0.378. The van der Waals surface area contributed by atoms with Crippen molar-refractivity contribution in [1.29, 1.82) is 0 Å². The Hall–Kier alpha value is -1.22. The maximum Gasteiger partial charge on any atom is 0.498 e. The van der Waals surface area contributed by atoms with Gasteiger partial charge in [-0.15, -0.1) is 0 Å². The van der Waals surface area contributed by atoms with Crippen LogP contribution < -0.4 is 15.7 Å². The average Bonchev–Trinajstić information content (AvgIpc) is 3.08. The standard InChI is InChI=1S/C16H27BN4O3/c1-15(2)16(3,4)24-17(23-15)12-9-19-14(20-10-12)21-7-5-13(11-21)18-6-8-22/h9-10,13,18,22H,5-8,11H2,1-4H3/t13-/m1/s1. The van der Waals surface area contributed by atoms with E-state index >= 15 is 0 Å². The molecule has 0 aromatic carbocycles. The van der Waals surface area contributed by atoms with Crippen molar-refractivity contribution in [1.82, 2.24) is 15.3 Å². The lowest BCUT2D eigenvalue weighted by molar-refractivity contribution is 0.00578. The second-order valence-corrected chi connectivity index (χ2v) is 7.51. The average molecular weight is 334 g/mol. The fourth-order valence-corrected chi connectivity index (χ4v) is 2.97. The molecule has 0 bridgehead atoms. The van der Waals surface area contributed by atoms with Crippen LogP contribution in [0.4, 0.5) is 5.95 Å². The van der Waals surface area contributed by atoms with Gasteiger partial charge in [0, 0.05) is 43.5 Å². The summed E-state index contributed by atoms with van der Waals surface area (Å²) in [5.41, 5.74) is 0.111. The Morgan fingerprint density at radius 1 is 1.25 bits per heavy atom. The summed E-state index contributed by atoms with van der Waals surface area (Å²) < 4.78 is 12.1. The highest BCUT2D eigenvalue weighted by Gasteiger charge is 2.52. The van der Waals surface area contributed by atoms with Crippen molar-refractivity contribution in [3.05, 3.63) is 12.4 Å². The summed E-state index contributed by atoms with van der Waals surface area (Å²) in [6.07, 6.45) is 4.61. The van der Waals surface area contributed by atoms with Crippen molar-refractivity contribution in [3.63, 3.8) is 0 Å². The van der Waals surface area contributed by atoms with Crippen molar-refractivity contribution >= 4 is 18.5 Å². The lowest BCUT2D eigenvalue weighted by Gasteiger charge is -2.32. The van der Waals surface area contributed by atoms with Crippen molar-refractivity contribution in [2.45, 2.75) is 51.4 Å². The Labute approximate surface area is 143 Å². The second-order valence-electron chi connectivity index (χ2n) is 7.51. The molecule has 0 aliphatic carbocycles. The molecule has 3 heterocycles. The maximum atomic E-state index is 8.89. The van der Waals surface area contributed by atoms with Crippen molar-refractivity contribution < 1.29 is 14.4 Å². The number of hydrogen-bond acceptors (Lipinski definition) is 7. The van der Waals surface area contributed by atoms with Crippen LogP contribution in [-0.4, -0.2) is 65.7 Å². The van der Waals surface area contributed by atoms with Gasteiger partial charge in [-0.3, -0.25) is 0 Å². The molecule has 2 saturated heterocycles. The first-order chi connectivity index (χ1) is 11.3. The predicted octanol–water partition coefficient (Wildman–Crippen LogP) is -0.0636. The largest absolute Gasteiger partial charge is 0.498 e. The first kappa shape index (κ1) is 17.6. The Bertz CT molecular complexity index is 551. The number of aromatic nitrogens is 2. The van der Waals surface area contributed by atoms with Crippen LogP contribution in [0.15, 0.2) is 12.4 Å². The summed E-state index contributed by atoms with van der Waals surface area (Å²) in [5.74, 6) is 0.726. The van der Waals surface area contributed by atoms with Gasteiger partial charge in [-0.2, -0.15) is 0 Å². The van der Waals surface area contributed by atoms with Crippen LogP contribution in [0.3, 0.4) is 0 Å². The molecule has 1 aromatic heterocycles. The third-order valence-electron chi connectivity index (χ3n) is 5.20. The second kappa shape index (κ2) is 6.59. The quantitative estimate of drug-likeness (QED) is 0.730. The van der Waals surface area contributed by atoms with Gasteiger partial charge < -0.3 is 24.6 Å². The third kappa shape index (κ3) is 3.42. The van der Waals surface area contributed by atoms with Crippen LogP contribution in [-0.2, 0) is 9.31 Å². The minimum Gasteiger partial charge on any atom is -0.399 e. The Balaban J connectivity index is 1.63. The Morgan fingerprint density at radius 3 is 2.46 bits per heavy atom. The Morgan fingerprint density at radius 2 is 1.88 bits per heavy atom. The molecule has 0 spiro atoms. The summed E-state index contributed by atoms with van der Waals surface area (Å²) >= 11 is 0. The molecule has 1 atom stereocenters. The first-order valence-electron chi connectivity index (χ1n) is 8.59. The van der Waals surface area contributed by atoms with E-state index in [4.69, 9.17) is 14.4 Å². The van der Waals surface area contributed by atoms with Gasteiger partial charge in [-0.25, -0.2) is 9.97 Å².